The van der Waals surface area contributed by atoms with Crippen LogP contribution in [0.4, 0.5) is 0 Å². The van der Waals surface area contributed by atoms with Crippen LogP contribution in [0.25, 0.3) is 0 Å². The Labute approximate surface area is 151 Å². The zero-order valence-corrected chi connectivity index (χ0v) is 15.8. The lowest BCUT2D eigenvalue weighted by Crippen LogP contribution is -2.38. The SMILES string of the molecule is CC[C@H](Oc1cc(C)cc(C)c1)C(=O)NCCCc1ccc(C)cc1. The van der Waals surface area contributed by atoms with Crippen molar-refractivity contribution < 1.29 is 9.53 Å². The molecule has 3 nitrogen and oxygen atoms in total. The van der Waals surface area contributed by atoms with E-state index in [-0.39, 0.29) is 5.91 Å². The van der Waals surface area contributed by atoms with Crippen molar-refractivity contribution in [2.45, 2.75) is 53.1 Å². The molecule has 2 rings (SSSR count). The van der Waals surface area contributed by atoms with Gasteiger partial charge in [-0.3, -0.25) is 4.79 Å². The van der Waals surface area contributed by atoms with Crippen LogP contribution in [0.5, 0.6) is 5.75 Å². The van der Waals surface area contributed by atoms with Crippen molar-refractivity contribution in [3.63, 3.8) is 0 Å². The highest BCUT2D eigenvalue weighted by Crippen LogP contribution is 2.18. The Morgan fingerprint density at radius 2 is 1.64 bits per heavy atom. The zero-order chi connectivity index (χ0) is 18.2. The highest BCUT2D eigenvalue weighted by atomic mass is 16.5. The van der Waals surface area contributed by atoms with Crippen molar-refractivity contribution in [3.05, 3.63) is 64.7 Å². The smallest absolute Gasteiger partial charge is 0.261 e. The number of amides is 1. The van der Waals surface area contributed by atoms with Gasteiger partial charge in [0.1, 0.15) is 5.75 Å². The molecule has 0 radical (unpaired) electrons. The zero-order valence-electron chi connectivity index (χ0n) is 15.8. The number of aryl methyl sites for hydroxylation is 4. The fourth-order valence-corrected chi connectivity index (χ4v) is 2.86. The molecule has 0 aliphatic carbocycles. The number of ether oxygens (including phenoxy) is 1. The van der Waals surface area contributed by atoms with Crippen LogP contribution in [-0.2, 0) is 11.2 Å². The van der Waals surface area contributed by atoms with Gasteiger partial charge in [-0.15, -0.1) is 0 Å². The Morgan fingerprint density at radius 3 is 2.24 bits per heavy atom. The fraction of sp³-hybridized carbons (Fsp3) is 0.409. The van der Waals surface area contributed by atoms with E-state index in [9.17, 15) is 4.79 Å². The highest BCUT2D eigenvalue weighted by molar-refractivity contribution is 5.81. The van der Waals surface area contributed by atoms with Crippen LogP contribution >= 0.6 is 0 Å². The van der Waals surface area contributed by atoms with Crippen LogP contribution in [0.3, 0.4) is 0 Å². The van der Waals surface area contributed by atoms with E-state index < -0.39 is 6.10 Å². The number of carbonyl (C=O) groups excluding carboxylic acids is 1. The average Bonchev–Trinajstić information content (AvgIpc) is 2.57. The third kappa shape index (κ3) is 6.26. The first-order chi connectivity index (χ1) is 12.0. The van der Waals surface area contributed by atoms with E-state index in [1.165, 1.54) is 11.1 Å². The summed E-state index contributed by atoms with van der Waals surface area (Å²) in [5, 5.41) is 3.00. The maximum atomic E-state index is 12.4. The average molecular weight is 339 g/mol. The second kappa shape index (κ2) is 9.26. The molecule has 0 aliphatic rings. The minimum atomic E-state index is -0.444. The first-order valence-electron chi connectivity index (χ1n) is 9.06. The maximum absolute atomic E-state index is 12.4. The molecule has 0 bridgehead atoms. The Hall–Kier alpha value is -2.29. The van der Waals surface area contributed by atoms with Crippen LogP contribution in [0.15, 0.2) is 42.5 Å². The summed E-state index contributed by atoms with van der Waals surface area (Å²) < 4.78 is 5.90. The molecule has 0 unspecified atom stereocenters. The van der Waals surface area contributed by atoms with Crippen molar-refractivity contribution in [1.29, 1.82) is 0 Å². The molecule has 0 spiro atoms. The van der Waals surface area contributed by atoms with E-state index in [1.807, 2.05) is 32.9 Å². The van der Waals surface area contributed by atoms with Gasteiger partial charge in [0.25, 0.3) is 5.91 Å². The third-order valence-corrected chi connectivity index (χ3v) is 4.20. The predicted molar refractivity (Wildman–Crippen MR) is 103 cm³/mol. The van der Waals surface area contributed by atoms with Crippen molar-refractivity contribution in [3.8, 4) is 5.75 Å². The van der Waals surface area contributed by atoms with E-state index in [4.69, 9.17) is 4.74 Å². The summed E-state index contributed by atoms with van der Waals surface area (Å²) >= 11 is 0. The number of rotatable bonds is 8. The largest absolute Gasteiger partial charge is 0.481 e. The van der Waals surface area contributed by atoms with E-state index in [0.29, 0.717) is 13.0 Å². The maximum Gasteiger partial charge on any atom is 0.261 e. The van der Waals surface area contributed by atoms with Gasteiger partial charge >= 0.3 is 0 Å². The molecule has 0 heterocycles. The minimum absolute atomic E-state index is 0.0365. The van der Waals surface area contributed by atoms with Gasteiger partial charge in [0.05, 0.1) is 0 Å². The lowest BCUT2D eigenvalue weighted by atomic mass is 10.1. The molecule has 0 fully saturated rings. The summed E-state index contributed by atoms with van der Waals surface area (Å²) in [4.78, 5) is 12.4. The van der Waals surface area contributed by atoms with Crippen LogP contribution in [0.1, 0.15) is 42.0 Å². The molecule has 0 aliphatic heterocycles. The first kappa shape index (κ1) is 19.0. The highest BCUT2D eigenvalue weighted by Gasteiger charge is 2.18. The van der Waals surface area contributed by atoms with Crippen LogP contribution in [-0.4, -0.2) is 18.6 Å². The van der Waals surface area contributed by atoms with Crippen molar-refractivity contribution in [2.75, 3.05) is 6.54 Å². The monoisotopic (exact) mass is 339 g/mol. The van der Waals surface area contributed by atoms with E-state index in [2.05, 4.69) is 42.6 Å². The Bertz CT molecular complexity index is 671. The molecule has 134 valence electrons. The fourth-order valence-electron chi connectivity index (χ4n) is 2.86. The molecule has 1 amide bonds. The molecule has 0 aromatic heterocycles. The van der Waals surface area contributed by atoms with Crippen LogP contribution in [0.2, 0.25) is 0 Å². The second-order valence-electron chi connectivity index (χ2n) is 6.72. The van der Waals surface area contributed by atoms with E-state index in [0.717, 1.165) is 29.7 Å². The lowest BCUT2D eigenvalue weighted by molar-refractivity contribution is -0.128. The molecule has 0 saturated carbocycles. The molecule has 1 N–H and O–H groups in total. The van der Waals surface area contributed by atoms with Gasteiger partial charge in [0.15, 0.2) is 6.10 Å². The molecule has 0 saturated heterocycles. The Kier molecular flexibility index (Phi) is 7.05. The quantitative estimate of drug-likeness (QED) is 0.718. The van der Waals surface area contributed by atoms with Crippen LogP contribution < -0.4 is 10.1 Å². The summed E-state index contributed by atoms with van der Waals surface area (Å²) in [6.07, 6.45) is 2.10. The number of nitrogens with one attached hydrogen (secondary N) is 1. The number of hydrogen-bond donors (Lipinski definition) is 1. The standard InChI is InChI=1S/C22H29NO2/c1-5-21(25-20-14-17(3)13-18(4)15-20)22(24)23-12-6-7-19-10-8-16(2)9-11-19/h8-11,13-15,21H,5-7,12H2,1-4H3,(H,23,24)/t21-/m0/s1. The Balaban J connectivity index is 1.80. The van der Waals surface area contributed by atoms with Crippen molar-refractivity contribution in [1.82, 2.24) is 5.32 Å². The van der Waals surface area contributed by atoms with Crippen molar-refractivity contribution in [2.24, 2.45) is 0 Å². The van der Waals surface area contributed by atoms with E-state index in [1.54, 1.807) is 0 Å². The van der Waals surface area contributed by atoms with Gasteiger partial charge in [-0.2, -0.15) is 0 Å². The second-order valence-corrected chi connectivity index (χ2v) is 6.72. The molecular weight excluding hydrogens is 310 g/mol. The first-order valence-corrected chi connectivity index (χ1v) is 9.06. The lowest BCUT2D eigenvalue weighted by Gasteiger charge is -2.18. The van der Waals surface area contributed by atoms with Gasteiger partial charge in [0, 0.05) is 6.54 Å². The van der Waals surface area contributed by atoms with E-state index >= 15 is 0 Å². The summed E-state index contributed by atoms with van der Waals surface area (Å²) in [5.74, 6) is 0.727. The third-order valence-electron chi connectivity index (χ3n) is 4.20. The molecule has 2 aromatic rings. The summed E-state index contributed by atoms with van der Waals surface area (Å²) in [5.41, 5.74) is 4.86. The van der Waals surface area contributed by atoms with Crippen molar-refractivity contribution >= 4 is 5.91 Å². The molecule has 3 heteroatoms. The summed E-state index contributed by atoms with van der Waals surface area (Å²) in [7, 11) is 0. The number of benzene rings is 2. The molecular formula is C22H29NO2. The summed E-state index contributed by atoms with van der Waals surface area (Å²) in [6.45, 7) is 8.79. The molecule has 25 heavy (non-hydrogen) atoms. The number of carbonyl (C=O) groups is 1. The normalized spacial score (nSPS) is 11.8. The van der Waals surface area contributed by atoms with Gasteiger partial charge in [-0.05, 0) is 68.9 Å². The molecule has 1 atom stereocenters. The minimum Gasteiger partial charge on any atom is -0.481 e. The predicted octanol–water partition coefficient (Wildman–Crippen LogP) is 4.52. The topological polar surface area (TPSA) is 38.3 Å². The van der Waals surface area contributed by atoms with Gasteiger partial charge < -0.3 is 10.1 Å². The number of hydrogen-bond acceptors (Lipinski definition) is 2. The Morgan fingerprint density at radius 1 is 1.00 bits per heavy atom. The van der Waals surface area contributed by atoms with Gasteiger partial charge in [-0.1, -0.05) is 42.8 Å². The van der Waals surface area contributed by atoms with Gasteiger partial charge in [-0.25, -0.2) is 0 Å². The van der Waals surface area contributed by atoms with Gasteiger partial charge in [0.2, 0.25) is 0 Å². The summed E-state index contributed by atoms with van der Waals surface area (Å²) in [6, 6.07) is 14.6. The molecule has 2 aromatic carbocycles. The van der Waals surface area contributed by atoms with Crippen LogP contribution in [0, 0.1) is 20.8 Å².